The molecule has 2 nitrogen and oxygen atoms in total. The minimum Gasteiger partial charge on any atom is -0.340 e. The number of rotatable bonds is 2. The first-order valence-corrected chi connectivity index (χ1v) is 5.14. The van der Waals surface area contributed by atoms with E-state index in [1.54, 1.807) is 0 Å². The lowest BCUT2D eigenvalue weighted by atomic mass is 10.0. The van der Waals surface area contributed by atoms with Crippen LogP contribution in [0.4, 0.5) is 0 Å². The number of carbonyl (C=O) groups excluding carboxylic acids is 1. The van der Waals surface area contributed by atoms with Crippen LogP contribution in [0.2, 0.25) is 0 Å². The Hall–Kier alpha value is -0.240. The van der Waals surface area contributed by atoms with E-state index in [-0.39, 0.29) is 5.91 Å². The first-order chi connectivity index (χ1) is 5.75. The van der Waals surface area contributed by atoms with Crippen LogP contribution in [0.15, 0.2) is 0 Å². The summed E-state index contributed by atoms with van der Waals surface area (Å²) in [6, 6.07) is 0.425. The van der Waals surface area contributed by atoms with E-state index in [2.05, 4.69) is 6.92 Å². The van der Waals surface area contributed by atoms with Crippen molar-refractivity contribution in [2.24, 2.45) is 0 Å². The molecule has 12 heavy (non-hydrogen) atoms. The third-order valence-electron chi connectivity index (χ3n) is 2.43. The minimum absolute atomic E-state index is 0.220. The Balaban J connectivity index is 2.42. The van der Waals surface area contributed by atoms with Crippen LogP contribution in [0.1, 0.15) is 32.6 Å². The number of alkyl halides is 1. The Bertz CT molecular complexity index is 161. The van der Waals surface area contributed by atoms with Crippen molar-refractivity contribution in [2.75, 3.05) is 12.4 Å². The van der Waals surface area contributed by atoms with Crippen LogP contribution >= 0.6 is 11.6 Å². The van der Waals surface area contributed by atoms with Crippen LogP contribution in [0.3, 0.4) is 0 Å². The third-order valence-corrected chi connectivity index (χ3v) is 2.62. The van der Waals surface area contributed by atoms with Crippen LogP contribution in [-0.2, 0) is 4.79 Å². The van der Waals surface area contributed by atoms with Gasteiger partial charge in [-0.25, -0.2) is 0 Å². The molecule has 0 aliphatic carbocycles. The van der Waals surface area contributed by atoms with Gasteiger partial charge in [0, 0.05) is 24.9 Å². The molecule has 0 N–H and O–H groups in total. The third kappa shape index (κ3) is 2.37. The molecule has 1 aliphatic rings. The van der Waals surface area contributed by atoms with Crippen molar-refractivity contribution >= 4 is 17.5 Å². The molecule has 1 fully saturated rings. The smallest absolute Gasteiger partial charge is 0.224 e. The van der Waals surface area contributed by atoms with Crippen molar-refractivity contribution in [3.8, 4) is 0 Å². The highest BCUT2D eigenvalue weighted by atomic mass is 35.5. The predicted molar refractivity (Wildman–Crippen MR) is 50.4 cm³/mol. The maximum Gasteiger partial charge on any atom is 0.224 e. The molecule has 1 aliphatic heterocycles. The number of hydrogen-bond donors (Lipinski definition) is 0. The van der Waals surface area contributed by atoms with Gasteiger partial charge >= 0.3 is 0 Å². The lowest BCUT2D eigenvalue weighted by Crippen LogP contribution is -2.42. The molecule has 0 saturated carbocycles. The molecule has 0 unspecified atom stereocenters. The summed E-state index contributed by atoms with van der Waals surface area (Å²) in [5.74, 6) is 0.666. The number of likely N-dealkylation sites (tertiary alicyclic amines) is 1. The molecule has 1 amide bonds. The number of nitrogens with zero attached hydrogens (tertiary/aromatic N) is 1. The molecular weight excluding hydrogens is 174 g/mol. The van der Waals surface area contributed by atoms with Gasteiger partial charge in [-0.2, -0.15) is 0 Å². The monoisotopic (exact) mass is 189 g/mol. The fourth-order valence-electron chi connectivity index (χ4n) is 1.69. The number of amides is 1. The van der Waals surface area contributed by atoms with Crippen molar-refractivity contribution in [2.45, 2.75) is 38.6 Å². The molecule has 0 radical (unpaired) electrons. The molecule has 1 heterocycles. The van der Waals surface area contributed by atoms with Gasteiger partial charge in [0.15, 0.2) is 0 Å². The summed E-state index contributed by atoms with van der Waals surface area (Å²) in [6.45, 7) is 3.04. The Morgan fingerprint density at radius 1 is 1.58 bits per heavy atom. The van der Waals surface area contributed by atoms with Gasteiger partial charge in [-0.1, -0.05) is 0 Å². The fourth-order valence-corrected chi connectivity index (χ4v) is 1.85. The maximum atomic E-state index is 11.5. The van der Waals surface area contributed by atoms with Gasteiger partial charge in [0.25, 0.3) is 0 Å². The Kier molecular flexibility index (Phi) is 3.86. The fraction of sp³-hybridized carbons (Fsp3) is 0.889. The van der Waals surface area contributed by atoms with Crippen molar-refractivity contribution in [3.05, 3.63) is 0 Å². The first kappa shape index (κ1) is 9.85. The van der Waals surface area contributed by atoms with Gasteiger partial charge in [-0.3, -0.25) is 4.79 Å². The van der Waals surface area contributed by atoms with Gasteiger partial charge in [-0.15, -0.1) is 11.6 Å². The molecule has 70 valence electrons. The van der Waals surface area contributed by atoms with E-state index < -0.39 is 0 Å². The highest BCUT2D eigenvalue weighted by Gasteiger charge is 2.21. The molecule has 0 spiro atoms. The van der Waals surface area contributed by atoms with E-state index in [0.29, 0.717) is 18.3 Å². The summed E-state index contributed by atoms with van der Waals surface area (Å²) in [6.07, 6.45) is 4.05. The van der Waals surface area contributed by atoms with E-state index in [4.69, 9.17) is 11.6 Å². The van der Waals surface area contributed by atoms with Gasteiger partial charge in [-0.05, 0) is 26.2 Å². The summed E-state index contributed by atoms with van der Waals surface area (Å²) in [4.78, 5) is 13.4. The lowest BCUT2D eigenvalue weighted by molar-refractivity contribution is -0.133. The van der Waals surface area contributed by atoms with Crippen molar-refractivity contribution in [1.29, 1.82) is 0 Å². The summed E-state index contributed by atoms with van der Waals surface area (Å²) in [7, 11) is 0. The molecule has 1 rings (SSSR count). The molecule has 1 atom stereocenters. The lowest BCUT2D eigenvalue weighted by Gasteiger charge is -2.33. The van der Waals surface area contributed by atoms with E-state index >= 15 is 0 Å². The van der Waals surface area contributed by atoms with Gasteiger partial charge in [0.1, 0.15) is 0 Å². The highest BCUT2D eigenvalue weighted by molar-refractivity contribution is 6.18. The average Bonchev–Trinajstić information content (AvgIpc) is 2.05. The van der Waals surface area contributed by atoms with Crippen LogP contribution in [0.25, 0.3) is 0 Å². The maximum absolute atomic E-state index is 11.5. The molecule has 0 aromatic carbocycles. The normalized spacial score (nSPS) is 24.2. The van der Waals surface area contributed by atoms with Crippen LogP contribution < -0.4 is 0 Å². The quantitative estimate of drug-likeness (QED) is 0.609. The second-order valence-corrected chi connectivity index (χ2v) is 3.75. The number of halogens is 1. The van der Waals surface area contributed by atoms with Crippen molar-refractivity contribution in [1.82, 2.24) is 4.90 Å². The van der Waals surface area contributed by atoms with E-state index in [9.17, 15) is 4.79 Å². The zero-order valence-corrected chi connectivity index (χ0v) is 8.31. The SMILES string of the molecule is C[C@H]1CCCCN1C(=O)CCCl. The number of piperidine rings is 1. The summed E-state index contributed by atoms with van der Waals surface area (Å²) in [5, 5.41) is 0. The topological polar surface area (TPSA) is 20.3 Å². The number of carbonyl (C=O) groups is 1. The van der Waals surface area contributed by atoms with Crippen molar-refractivity contribution < 1.29 is 4.79 Å². The van der Waals surface area contributed by atoms with Gasteiger partial charge < -0.3 is 4.90 Å². The molecule has 0 aromatic rings. The minimum atomic E-state index is 0.220. The van der Waals surface area contributed by atoms with Crippen LogP contribution in [0.5, 0.6) is 0 Å². The second-order valence-electron chi connectivity index (χ2n) is 3.37. The molecule has 0 aromatic heterocycles. The summed E-state index contributed by atoms with van der Waals surface area (Å²) in [5.41, 5.74) is 0. The Morgan fingerprint density at radius 2 is 2.33 bits per heavy atom. The molecular formula is C9H16ClNO. The van der Waals surface area contributed by atoms with Crippen LogP contribution in [-0.4, -0.2) is 29.3 Å². The average molecular weight is 190 g/mol. The Morgan fingerprint density at radius 3 is 2.92 bits per heavy atom. The highest BCUT2D eigenvalue weighted by Crippen LogP contribution is 2.17. The van der Waals surface area contributed by atoms with E-state index in [1.165, 1.54) is 6.42 Å². The molecule has 0 bridgehead atoms. The van der Waals surface area contributed by atoms with Crippen LogP contribution in [0, 0.1) is 0 Å². The summed E-state index contributed by atoms with van der Waals surface area (Å²) < 4.78 is 0. The molecule has 3 heteroatoms. The van der Waals surface area contributed by atoms with Gasteiger partial charge in [0.2, 0.25) is 5.91 Å². The zero-order chi connectivity index (χ0) is 8.97. The van der Waals surface area contributed by atoms with E-state index in [0.717, 1.165) is 19.4 Å². The second kappa shape index (κ2) is 4.70. The van der Waals surface area contributed by atoms with Gasteiger partial charge in [0.05, 0.1) is 0 Å². The largest absolute Gasteiger partial charge is 0.340 e. The molecule has 1 saturated heterocycles. The predicted octanol–water partition coefficient (Wildman–Crippen LogP) is 2.02. The van der Waals surface area contributed by atoms with Crippen molar-refractivity contribution in [3.63, 3.8) is 0 Å². The standard InChI is InChI=1S/C9H16ClNO/c1-8-4-2-3-7-11(8)9(12)5-6-10/h8H,2-7H2,1H3/t8-/m0/s1. The summed E-state index contributed by atoms with van der Waals surface area (Å²) >= 11 is 5.52. The number of hydrogen-bond acceptors (Lipinski definition) is 1. The first-order valence-electron chi connectivity index (χ1n) is 4.61. The zero-order valence-electron chi connectivity index (χ0n) is 7.55. The Labute approximate surface area is 78.9 Å². The van der Waals surface area contributed by atoms with E-state index in [1.807, 2.05) is 4.90 Å².